The monoisotopic (exact) mass is 888 g/mol. The number of allylic oxidation sites excluding steroid dienone is 2. The molecule has 0 aliphatic heterocycles. The summed E-state index contributed by atoms with van der Waals surface area (Å²) in [6, 6.07) is -1.52. The molecule has 0 radical (unpaired) electrons. The Morgan fingerprint density at radius 1 is 0.492 bits per heavy atom. The van der Waals surface area contributed by atoms with E-state index in [0.717, 1.165) is 57.8 Å². The lowest BCUT2D eigenvalue weighted by Crippen LogP contribution is -2.34. The fraction of sp³-hybridized carbons (Fsp3) is 0.898. The molecular weight excluding hydrogens is 794 g/mol. The first kappa shape index (κ1) is 59.2. The number of nitrogens with two attached hydrogens (primary N) is 1. The summed E-state index contributed by atoms with van der Waals surface area (Å²) >= 11 is 0. The van der Waals surface area contributed by atoms with Crippen LogP contribution < -0.4 is 5.73 Å². The Balaban J connectivity index is 4.16. The third-order valence-corrected chi connectivity index (χ3v) is 12.2. The predicted molar refractivity (Wildman–Crippen MR) is 249 cm³/mol. The third kappa shape index (κ3) is 44.6. The maximum absolute atomic E-state index is 12.6. The van der Waals surface area contributed by atoms with Crippen LogP contribution in [0.2, 0.25) is 0 Å². The number of phosphoric acid groups is 1. The SMILES string of the molecule is CCCCCCC/C=C\CCCCCCCC(=O)OC(COC(=O)CCCCCCCCCCCCCCCCCCCCCCCCC)COP(=O)(O)OCC(N)C(=O)O. The number of carbonyl (C=O) groups excluding carboxylic acids is 2. The Kier molecular flexibility index (Phi) is 43.5. The maximum Gasteiger partial charge on any atom is 0.472 e. The quantitative estimate of drug-likeness (QED) is 0.0230. The molecule has 0 saturated carbocycles. The van der Waals surface area contributed by atoms with Crippen LogP contribution >= 0.6 is 7.82 Å². The minimum absolute atomic E-state index is 0.155. The second-order valence-electron chi connectivity index (χ2n) is 17.3. The standard InChI is InChI=1S/C49H94NO10P/c1-3-5-7-9-11-13-15-17-19-20-21-22-23-24-25-26-27-29-30-32-34-36-38-40-47(51)57-42-45(43-58-61(55,56)59-44-46(50)49(53)54)60-48(52)41-39-37-35-33-31-28-18-16-14-12-10-8-6-4-2/h16,18,45-46H,3-15,17,19-44,50H2,1-2H3,(H,53,54)(H,55,56)/b18-16-. The number of phosphoric ester groups is 1. The van der Waals surface area contributed by atoms with E-state index in [1.807, 2.05) is 0 Å². The predicted octanol–water partition coefficient (Wildman–Crippen LogP) is 14.0. The molecule has 12 heteroatoms. The number of hydrogen-bond donors (Lipinski definition) is 3. The van der Waals surface area contributed by atoms with Crippen LogP contribution in [-0.2, 0) is 37.5 Å². The molecule has 11 nitrogen and oxygen atoms in total. The zero-order chi connectivity index (χ0) is 44.9. The van der Waals surface area contributed by atoms with Gasteiger partial charge in [0.2, 0.25) is 0 Å². The molecule has 360 valence electrons. The van der Waals surface area contributed by atoms with Crippen LogP contribution in [0, 0.1) is 0 Å². The highest BCUT2D eigenvalue weighted by Crippen LogP contribution is 2.43. The number of esters is 2. The number of carboxylic acids is 1. The Morgan fingerprint density at radius 2 is 0.820 bits per heavy atom. The van der Waals surface area contributed by atoms with Crippen LogP contribution in [0.3, 0.4) is 0 Å². The summed E-state index contributed by atoms with van der Waals surface area (Å²) < 4.78 is 32.8. The highest BCUT2D eigenvalue weighted by molar-refractivity contribution is 7.47. The maximum atomic E-state index is 12.6. The lowest BCUT2D eigenvalue weighted by molar-refractivity contribution is -0.161. The fourth-order valence-corrected chi connectivity index (χ4v) is 8.08. The zero-order valence-corrected chi connectivity index (χ0v) is 40.2. The Labute approximate surface area is 373 Å². The normalized spacial score (nSPS) is 13.6. The summed E-state index contributed by atoms with van der Waals surface area (Å²) in [5, 5.41) is 8.91. The number of hydrogen-bond acceptors (Lipinski definition) is 9. The topological polar surface area (TPSA) is 172 Å². The molecule has 0 fully saturated rings. The fourth-order valence-electron chi connectivity index (χ4n) is 7.30. The molecule has 0 aliphatic rings. The summed E-state index contributed by atoms with van der Waals surface area (Å²) in [5.74, 6) is -2.37. The van der Waals surface area contributed by atoms with E-state index in [1.165, 1.54) is 154 Å². The van der Waals surface area contributed by atoms with Gasteiger partial charge in [-0.05, 0) is 38.5 Å². The molecule has 0 aliphatic carbocycles. The van der Waals surface area contributed by atoms with Crippen molar-refractivity contribution in [2.45, 2.75) is 264 Å². The number of carboxylic acid groups (broad SMARTS) is 1. The van der Waals surface area contributed by atoms with Crippen LogP contribution in [0.15, 0.2) is 12.2 Å². The summed E-state index contributed by atoms with van der Waals surface area (Å²) in [7, 11) is -4.72. The van der Waals surface area contributed by atoms with Gasteiger partial charge in [0.15, 0.2) is 6.10 Å². The smallest absolute Gasteiger partial charge is 0.472 e. The molecule has 0 aromatic rings. The first-order chi connectivity index (χ1) is 29.6. The molecule has 0 amide bonds. The lowest BCUT2D eigenvalue weighted by atomic mass is 10.0. The Morgan fingerprint density at radius 3 is 1.20 bits per heavy atom. The molecule has 0 saturated heterocycles. The van der Waals surface area contributed by atoms with Crippen molar-refractivity contribution in [1.82, 2.24) is 0 Å². The lowest BCUT2D eigenvalue weighted by Gasteiger charge is -2.20. The average molecular weight is 888 g/mol. The number of carbonyl (C=O) groups is 3. The molecule has 61 heavy (non-hydrogen) atoms. The Hall–Kier alpha value is -1.78. The van der Waals surface area contributed by atoms with Crippen LogP contribution in [0.1, 0.15) is 251 Å². The highest BCUT2D eigenvalue weighted by atomic mass is 31.2. The summed E-state index contributed by atoms with van der Waals surface area (Å²) in [6.07, 6.45) is 47.1. The highest BCUT2D eigenvalue weighted by Gasteiger charge is 2.28. The minimum atomic E-state index is -4.72. The van der Waals surface area contributed by atoms with E-state index < -0.39 is 51.1 Å². The van der Waals surface area contributed by atoms with Gasteiger partial charge in [0, 0.05) is 12.8 Å². The molecule has 4 N–H and O–H groups in total. The van der Waals surface area contributed by atoms with Gasteiger partial charge in [0.1, 0.15) is 12.6 Å². The molecule has 0 spiro atoms. The molecule has 0 aromatic carbocycles. The summed E-state index contributed by atoms with van der Waals surface area (Å²) in [5.41, 5.74) is 5.35. The number of aliphatic carboxylic acids is 1. The van der Waals surface area contributed by atoms with Crippen molar-refractivity contribution >= 4 is 25.7 Å². The second kappa shape index (κ2) is 44.8. The van der Waals surface area contributed by atoms with Crippen molar-refractivity contribution in [3.05, 3.63) is 12.2 Å². The zero-order valence-electron chi connectivity index (χ0n) is 39.3. The van der Waals surface area contributed by atoms with Crippen molar-refractivity contribution in [3.8, 4) is 0 Å². The summed E-state index contributed by atoms with van der Waals surface area (Å²) in [4.78, 5) is 46.1. The molecule has 0 heterocycles. The molecule has 3 atom stereocenters. The first-order valence-electron chi connectivity index (χ1n) is 25.2. The van der Waals surface area contributed by atoms with Gasteiger partial charge in [-0.2, -0.15) is 0 Å². The Bertz CT molecular complexity index is 1090. The largest absolute Gasteiger partial charge is 0.480 e. The van der Waals surface area contributed by atoms with Gasteiger partial charge in [-0.15, -0.1) is 0 Å². The van der Waals surface area contributed by atoms with Crippen molar-refractivity contribution in [3.63, 3.8) is 0 Å². The van der Waals surface area contributed by atoms with Gasteiger partial charge in [0.25, 0.3) is 0 Å². The minimum Gasteiger partial charge on any atom is -0.480 e. The van der Waals surface area contributed by atoms with E-state index in [2.05, 4.69) is 30.5 Å². The van der Waals surface area contributed by atoms with Gasteiger partial charge in [-0.3, -0.25) is 23.4 Å². The molecule has 0 bridgehead atoms. The van der Waals surface area contributed by atoms with Crippen molar-refractivity contribution in [2.75, 3.05) is 19.8 Å². The first-order valence-corrected chi connectivity index (χ1v) is 26.7. The van der Waals surface area contributed by atoms with Crippen molar-refractivity contribution < 1.29 is 47.5 Å². The van der Waals surface area contributed by atoms with E-state index >= 15 is 0 Å². The van der Waals surface area contributed by atoms with E-state index in [1.54, 1.807) is 0 Å². The average Bonchev–Trinajstić information content (AvgIpc) is 3.24. The summed E-state index contributed by atoms with van der Waals surface area (Å²) in [6.45, 7) is 2.83. The van der Waals surface area contributed by atoms with Crippen molar-refractivity contribution in [1.29, 1.82) is 0 Å². The number of ether oxygens (including phenoxy) is 2. The van der Waals surface area contributed by atoms with Gasteiger partial charge < -0.3 is 25.2 Å². The van der Waals surface area contributed by atoms with Gasteiger partial charge in [-0.1, -0.05) is 212 Å². The second-order valence-corrected chi connectivity index (χ2v) is 18.8. The van der Waals surface area contributed by atoms with Crippen molar-refractivity contribution in [2.24, 2.45) is 5.73 Å². The van der Waals surface area contributed by atoms with Gasteiger partial charge in [0.05, 0.1) is 13.2 Å². The third-order valence-electron chi connectivity index (χ3n) is 11.3. The van der Waals surface area contributed by atoms with Crippen LogP contribution in [-0.4, -0.2) is 59.9 Å². The van der Waals surface area contributed by atoms with E-state index in [4.69, 9.17) is 24.8 Å². The molecular formula is C49H94NO10P. The van der Waals surface area contributed by atoms with Crippen LogP contribution in [0.4, 0.5) is 0 Å². The molecule has 3 unspecified atom stereocenters. The number of rotatable bonds is 48. The van der Waals surface area contributed by atoms with Gasteiger partial charge >= 0.3 is 25.7 Å². The van der Waals surface area contributed by atoms with Gasteiger partial charge in [-0.25, -0.2) is 4.57 Å². The number of unbranched alkanes of at least 4 members (excludes halogenated alkanes) is 32. The van der Waals surface area contributed by atoms with Crippen LogP contribution in [0.5, 0.6) is 0 Å². The molecule has 0 aromatic heterocycles. The van der Waals surface area contributed by atoms with Crippen LogP contribution in [0.25, 0.3) is 0 Å². The molecule has 0 rings (SSSR count). The van der Waals surface area contributed by atoms with E-state index in [0.29, 0.717) is 12.8 Å². The van der Waals surface area contributed by atoms with E-state index in [9.17, 15) is 23.8 Å². The van der Waals surface area contributed by atoms with E-state index in [-0.39, 0.29) is 19.4 Å².